The Morgan fingerprint density at radius 1 is 1.29 bits per heavy atom. The fourth-order valence-electron chi connectivity index (χ4n) is 4.51. The SMILES string of the molecule is CCCn1nc(C)cc1CN(C)C1=NC[N+](C)(C)C(NCC2CCN(S(=O)(=O)C(F)F)CC2)=C1F. The molecule has 0 unspecified atom stereocenters. The van der Waals surface area contributed by atoms with Gasteiger partial charge in [0.2, 0.25) is 11.6 Å². The van der Waals surface area contributed by atoms with Crippen LogP contribution in [0.25, 0.3) is 0 Å². The van der Waals surface area contributed by atoms with Gasteiger partial charge in [0, 0.05) is 33.2 Å². The van der Waals surface area contributed by atoms with Crippen molar-refractivity contribution in [3.8, 4) is 0 Å². The third kappa shape index (κ3) is 6.18. The topological polar surface area (TPSA) is 82.8 Å². The van der Waals surface area contributed by atoms with Crippen LogP contribution in [-0.2, 0) is 23.1 Å². The molecule has 13 heteroatoms. The molecule has 3 heterocycles. The summed E-state index contributed by atoms with van der Waals surface area (Å²) >= 11 is 0. The number of hydrogen-bond donors (Lipinski definition) is 1. The number of aryl methyl sites for hydroxylation is 2. The second-order valence-corrected chi connectivity index (χ2v) is 11.8. The third-order valence-corrected chi connectivity index (χ3v) is 8.02. The molecule has 1 N–H and O–H groups in total. The molecule has 35 heavy (non-hydrogen) atoms. The summed E-state index contributed by atoms with van der Waals surface area (Å²) in [6.45, 7) is 6.13. The zero-order valence-corrected chi connectivity index (χ0v) is 22.0. The number of alkyl halides is 2. The number of piperidine rings is 1. The van der Waals surface area contributed by atoms with Crippen molar-refractivity contribution < 1.29 is 26.1 Å². The van der Waals surface area contributed by atoms with Crippen LogP contribution in [0.3, 0.4) is 0 Å². The molecule has 3 rings (SSSR count). The molecule has 9 nitrogen and oxygen atoms in total. The summed E-state index contributed by atoms with van der Waals surface area (Å²) in [4.78, 5) is 6.29. The van der Waals surface area contributed by atoms with Gasteiger partial charge in [0.15, 0.2) is 12.5 Å². The predicted molar refractivity (Wildman–Crippen MR) is 128 cm³/mol. The molecule has 0 radical (unpaired) electrons. The lowest BCUT2D eigenvalue weighted by atomic mass is 9.98. The van der Waals surface area contributed by atoms with Crippen LogP contribution in [0, 0.1) is 12.8 Å². The molecule has 0 spiro atoms. The highest BCUT2D eigenvalue weighted by atomic mass is 32.2. The van der Waals surface area contributed by atoms with Crippen molar-refractivity contribution in [3.05, 3.63) is 29.1 Å². The molecular formula is C22H37F3N7O2S+. The smallest absolute Gasteiger partial charge is 0.350 e. The Hall–Kier alpha value is -2.12. The van der Waals surface area contributed by atoms with Gasteiger partial charge in [-0.3, -0.25) is 9.16 Å². The standard InChI is InChI=1S/C22H37F3N7O2S/c1-6-9-31-18(12-16(2)28-31)14-29(3)20-19(23)21(32(4,5)15-27-20)26-13-17-7-10-30(11-8-17)35(33,34)22(24)25/h12,17,22,26H,6-11,13-15H2,1-5H3/q+1. The van der Waals surface area contributed by atoms with E-state index >= 15 is 4.39 Å². The van der Waals surface area contributed by atoms with Gasteiger partial charge in [0.05, 0.1) is 32.0 Å². The Bertz CT molecular complexity index is 1060. The lowest BCUT2D eigenvalue weighted by Crippen LogP contribution is -2.51. The van der Waals surface area contributed by atoms with Crippen molar-refractivity contribution in [1.29, 1.82) is 0 Å². The van der Waals surface area contributed by atoms with E-state index in [2.05, 4.69) is 22.3 Å². The van der Waals surface area contributed by atoms with Crippen molar-refractivity contribution >= 4 is 15.9 Å². The number of likely N-dealkylation sites (N-methyl/N-ethyl adjacent to an activating group) is 1. The quantitative estimate of drug-likeness (QED) is 0.506. The Balaban J connectivity index is 1.67. The zero-order valence-electron chi connectivity index (χ0n) is 21.1. The molecule has 1 aromatic rings. The second kappa shape index (κ2) is 10.9. The normalized spacial score (nSPS) is 19.9. The maximum Gasteiger partial charge on any atom is 0.350 e. The van der Waals surface area contributed by atoms with Crippen LogP contribution < -0.4 is 5.32 Å². The monoisotopic (exact) mass is 520 g/mol. The highest BCUT2D eigenvalue weighted by Crippen LogP contribution is 2.26. The number of sulfonamides is 1. The van der Waals surface area contributed by atoms with E-state index in [0.717, 1.165) is 28.7 Å². The third-order valence-electron chi connectivity index (χ3n) is 6.48. The van der Waals surface area contributed by atoms with Gasteiger partial charge in [-0.05, 0) is 38.2 Å². The lowest BCUT2D eigenvalue weighted by Gasteiger charge is -2.36. The average Bonchev–Trinajstić information content (AvgIpc) is 3.12. The predicted octanol–water partition coefficient (Wildman–Crippen LogP) is 2.47. The van der Waals surface area contributed by atoms with E-state index in [9.17, 15) is 17.2 Å². The van der Waals surface area contributed by atoms with Crippen LogP contribution in [0.15, 0.2) is 22.7 Å². The zero-order chi connectivity index (χ0) is 26.0. The first kappa shape index (κ1) is 27.5. The van der Waals surface area contributed by atoms with E-state index in [4.69, 9.17) is 0 Å². The molecular weight excluding hydrogens is 483 g/mol. The van der Waals surface area contributed by atoms with Crippen molar-refractivity contribution in [3.63, 3.8) is 0 Å². The first-order chi connectivity index (χ1) is 16.4. The van der Waals surface area contributed by atoms with E-state index < -0.39 is 21.6 Å². The number of aliphatic imine (C=N–C) groups is 1. The number of aromatic nitrogens is 2. The minimum atomic E-state index is -4.55. The van der Waals surface area contributed by atoms with Gasteiger partial charge in [-0.2, -0.15) is 22.6 Å². The molecule has 2 aliphatic heterocycles. The van der Waals surface area contributed by atoms with E-state index in [-0.39, 0.29) is 29.3 Å². The lowest BCUT2D eigenvalue weighted by molar-refractivity contribution is -0.856. The molecule has 0 aliphatic carbocycles. The number of quaternary nitrogens is 1. The summed E-state index contributed by atoms with van der Waals surface area (Å²) < 4.78 is 67.7. The fraction of sp³-hybridized carbons (Fsp3) is 0.727. The highest BCUT2D eigenvalue weighted by molar-refractivity contribution is 7.89. The maximum absolute atomic E-state index is 15.7. The second-order valence-electron chi connectivity index (χ2n) is 9.86. The summed E-state index contributed by atoms with van der Waals surface area (Å²) in [7, 11) is 0.972. The van der Waals surface area contributed by atoms with Crippen LogP contribution in [0.2, 0.25) is 0 Å². The fourth-order valence-corrected chi connectivity index (χ4v) is 5.45. The van der Waals surface area contributed by atoms with Crippen LogP contribution in [0.5, 0.6) is 0 Å². The summed E-state index contributed by atoms with van der Waals surface area (Å²) in [6, 6.07) is 2.00. The number of rotatable bonds is 9. The number of amidine groups is 1. The van der Waals surface area contributed by atoms with Gasteiger partial charge in [-0.25, -0.2) is 13.4 Å². The minimum absolute atomic E-state index is 0.0408. The van der Waals surface area contributed by atoms with E-state index in [1.54, 1.807) is 11.9 Å². The van der Waals surface area contributed by atoms with Gasteiger partial charge >= 0.3 is 5.76 Å². The largest absolute Gasteiger partial charge is 0.351 e. The molecule has 0 aromatic carbocycles. The minimum Gasteiger partial charge on any atom is -0.351 e. The van der Waals surface area contributed by atoms with Gasteiger partial charge in [0.1, 0.15) is 0 Å². The van der Waals surface area contributed by atoms with Gasteiger partial charge in [0.25, 0.3) is 10.0 Å². The van der Waals surface area contributed by atoms with Crippen molar-refractivity contribution in [2.45, 2.75) is 52.0 Å². The number of halogens is 3. The first-order valence-electron chi connectivity index (χ1n) is 11.9. The molecule has 0 amide bonds. The molecule has 1 aromatic heterocycles. The molecule has 2 aliphatic rings. The summed E-state index contributed by atoms with van der Waals surface area (Å²) in [5.74, 6) is -3.12. The number of nitrogens with zero attached hydrogens (tertiary/aromatic N) is 6. The molecule has 1 fully saturated rings. The van der Waals surface area contributed by atoms with E-state index in [0.29, 0.717) is 38.4 Å². The number of nitrogens with one attached hydrogen (secondary N) is 1. The highest BCUT2D eigenvalue weighted by Gasteiger charge is 2.37. The van der Waals surface area contributed by atoms with Crippen LogP contribution in [0.1, 0.15) is 37.6 Å². The Labute approximate surface area is 205 Å². The Morgan fingerprint density at radius 2 is 1.94 bits per heavy atom. The van der Waals surface area contributed by atoms with E-state index in [1.165, 1.54) is 0 Å². The van der Waals surface area contributed by atoms with Gasteiger partial charge in [-0.1, -0.05) is 6.92 Å². The number of hydrogen-bond acceptors (Lipinski definition) is 6. The van der Waals surface area contributed by atoms with Crippen LogP contribution in [0.4, 0.5) is 13.2 Å². The summed E-state index contributed by atoms with van der Waals surface area (Å²) in [5, 5.41) is 7.74. The Kier molecular flexibility index (Phi) is 8.53. The summed E-state index contributed by atoms with van der Waals surface area (Å²) in [5.41, 5.74) is 1.90. The van der Waals surface area contributed by atoms with Crippen LogP contribution in [-0.4, -0.2) is 90.9 Å². The molecule has 1 saturated heterocycles. The Morgan fingerprint density at radius 3 is 2.54 bits per heavy atom. The van der Waals surface area contributed by atoms with Crippen molar-refractivity contribution in [2.75, 3.05) is 47.4 Å². The van der Waals surface area contributed by atoms with Gasteiger partial charge in [-0.15, -0.1) is 0 Å². The van der Waals surface area contributed by atoms with Crippen LogP contribution >= 0.6 is 0 Å². The molecule has 0 bridgehead atoms. The van der Waals surface area contributed by atoms with Crippen molar-refractivity contribution in [2.24, 2.45) is 10.9 Å². The molecule has 198 valence electrons. The van der Waals surface area contributed by atoms with Gasteiger partial charge < -0.3 is 10.2 Å². The molecule has 0 saturated carbocycles. The molecule has 0 atom stereocenters. The summed E-state index contributed by atoms with van der Waals surface area (Å²) in [6.07, 6.45) is 1.81. The first-order valence-corrected chi connectivity index (χ1v) is 13.4. The van der Waals surface area contributed by atoms with Crippen molar-refractivity contribution in [1.82, 2.24) is 24.3 Å². The van der Waals surface area contributed by atoms with E-state index in [1.807, 2.05) is 31.8 Å². The maximum atomic E-state index is 15.7. The average molecular weight is 521 g/mol.